The zero-order valence-electron chi connectivity index (χ0n) is 5.09. The first-order valence-electron chi connectivity index (χ1n) is 2.56. The fourth-order valence-corrected chi connectivity index (χ4v) is 0.318. The summed E-state index contributed by atoms with van der Waals surface area (Å²) in [6.45, 7) is 1.63. The molecule has 0 spiro atoms. The maximum atomic E-state index is 10.4. The summed E-state index contributed by atoms with van der Waals surface area (Å²) in [6.07, 6.45) is -0.0535. The SMILES string of the molecule is CCC(=O)CC(=O)OO. The molecule has 52 valence electrons. The van der Waals surface area contributed by atoms with Crippen molar-refractivity contribution in [1.82, 2.24) is 0 Å². The molecule has 4 heteroatoms. The Labute approximate surface area is 52.4 Å². The van der Waals surface area contributed by atoms with Gasteiger partial charge in [0.15, 0.2) is 0 Å². The van der Waals surface area contributed by atoms with Gasteiger partial charge in [0, 0.05) is 6.42 Å². The summed E-state index contributed by atoms with van der Waals surface area (Å²) in [6, 6.07) is 0. The van der Waals surface area contributed by atoms with Crippen LogP contribution in [0, 0.1) is 0 Å². The van der Waals surface area contributed by atoms with E-state index in [4.69, 9.17) is 5.26 Å². The number of ketones is 1. The van der Waals surface area contributed by atoms with E-state index in [2.05, 4.69) is 4.89 Å². The van der Waals surface area contributed by atoms with Gasteiger partial charge in [0.2, 0.25) is 0 Å². The molecule has 0 aliphatic rings. The first kappa shape index (κ1) is 8.10. The van der Waals surface area contributed by atoms with Crippen molar-refractivity contribution in [3.05, 3.63) is 0 Å². The predicted molar refractivity (Wildman–Crippen MR) is 28.6 cm³/mol. The topological polar surface area (TPSA) is 63.6 Å². The van der Waals surface area contributed by atoms with Crippen molar-refractivity contribution < 1.29 is 19.7 Å². The van der Waals surface area contributed by atoms with Gasteiger partial charge in [-0.3, -0.25) is 4.79 Å². The number of hydrogen-bond acceptors (Lipinski definition) is 4. The molecular formula is C5H8O4. The van der Waals surface area contributed by atoms with Gasteiger partial charge in [-0.05, 0) is 0 Å². The van der Waals surface area contributed by atoms with Crippen molar-refractivity contribution in [2.24, 2.45) is 0 Å². The fraction of sp³-hybridized carbons (Fsp3) is 0.600. The zero-order valence-corrected chi connectivity index (χ0v) is 5.09. The Morgan fingerprint density at radius 2 is 2.11 bits per heavy atom. The molecule has 0 rings (SSSR count). The fourth-order valence-electron chi connectivity index (χ4n) is 0.318. The van der Waals surface area contributed by atoms with Crippen molar-refractivity contribution >= 4 is 11.8 Å². The van der Waals surface area contributed by atoms with Gasteiger partial charge in [-0.15, -0.1) is 0 Å². The van der Waals surface area contributed by atoms with Crippen LogP contribution in [0.1, 0.15) is 19.8 Å². The lowest BCUT2D eigenvalue weighted by atomic mass is 10.2. The van der Waals surface area contributed by atoms with Crippen molar-refractivity contribution in [3.8, 4) is 0 Å². The van der Waals surface area contributed by atoms with Crippen molar-refractivity contribution in [3.63, 3.8) is 0 Å². The first-order valence-corrected chi connectivity index (χ1v) is 2.56. The molecule has 0 bridgehead atoms. The van der Waals surface area contributed by atoms with Crippen LogP contribution in [0.4, 0.5) is 0 Å². The molecule has 0 radical (unpaired) electrons. The molecule has 0 aromatic heterocycles. The summed E-state index contributed by atoms with van der Waals surface area (Å²) in [5.41, 5.74) is 0. The quantitative estimate of drug-likeness (QED) is 0.342. The van der Waals surface area contributed by atoms with Crippen molar-refractivity contribution in [2.75, 3.05) is 0 Å². The third-order valence-corrected chi connectivity index (χ3v) is 0.838. The van der Waals surface area contributed by atoms with E-state index in [-0.39, 0.29) is 18.6 Å². The number of rotatable bonds is 3. The van der Waals surface area contributed by atoms with Gasteiger partial charge in [-0.2, -0.15) is 5.26 Å². The Bertz CT molecular complexity index is 104. The minimum atomic E-state index is -0.901. The maximum absolute atomic E-state index is 10.4. The monoisotopic (exact) mass is 132 g/mol. The highest BCUT2D eigenvalue weighted by molar-refractivity contribution is 5.95. The molecule has 0 saturated carbocycles. The highest BCUT2D eigenvalue weighted by Gasteiger charge is 2.07. The lowest BCUT2D eigenvalue weighted by molar-refractivity contribution is -0.233. The summed E-state index contributed by atoms with van der Waals surface area (Å²) < 4.78 is 0. The van der Waals surface area contributed by atoms with E-state index < -0.39 is 5.97 Å². The molecule has 0 saturated heterocycles. The molecule has 0 aromatic carbocycles. The lowest BCUT2D eigenvalue weighted by Crippen LogP contribution is -2.07. The summed E-state index contributed by atoms with van der Waals surface area (Å²) in [5.74, 6) is -1.14. The van der Waals surface area contributed by atoms with Crippen LogP contribution >= 0.6 is 0 Å². The van der Waals surface area contributed by atoms with E-state index in [9.17, 15) is 9.59 Å². The summed E-state index contributed by atoms with van der Waals surface area (Å²) in [4.78, 5) is 23.7. The third kappa shape index (κ3) is 3.66. The van der Waals surface area contributed by atoms with E-state index in [1.165, 1.54) is 0 Å². The normalized spacial score (nSPS) is 8.67. The Morgan fingerprint density at radius 3 is 2.44 bits per heavy atom. The molecular weight excluding hydrogens is 124 g/mol. The first-order chi connectivity index (χ1) is 4.20. The van der Waals surface area contributed by atoms with Crippen LogP contribution in [0.2, 0.25) is 0 Å². The number of hydrogen-bond donors (Lipinski definition) is 1. The molecule has 0 aliphatic heterocycles. The molecule has 1 N–H and O–H groups in total. The van der Waals surface area contributed by atoms with E-state index in [0.29, 0.717) is 0 Å². The van der Waals surface area contributed by atoms with Crippen LogP contribution in [0.5, 0.6) is 0 Å². The Morgan fingerprint density at radius 1 is 1.56 bits per heavy atom. The minimum Gasteiger partial charge on any atom is -0.301 e. The molecule has 0 aliphatic carbocycles. The summed E-state index contributed by atoms with van der Waals surface area (Å²) >= 11 is 0. The third-order valence-electron chi connectivity index (χ3n) is 0.838. The van der Waals surface area contributed by atoms with Crippen molar-refractivity contribution in [1.29, 1.82) is 0 Å². The standard InChI is InChI=1S/C5H8O4/c1-2-4(6)3-5(7)9-8/h8H,2-3H2,1H3. The van der Waals surface area contributed by atoms with E-state index in [1.54, 1.807) is 6.92 Å². The number of Topliss-reactive ketones (excluding diaryl/α,β-unsaturated/α-hetero) is 1. The summed E-state index contributed by atoms with van der Waals surface area (Å²) in [5, 5.41) is 7.68. The van der Waals surface area contributed by atoms with Gasteiger partial charge in [0.25, 0.3) is 0 Å². The van der Waals surface area contributed by atoms with E-state index >= 15 is 0 Å². The molecule has 0 atom stereocenters. The highest BCUT2D eigenvalue weighted by Crippen LogP contribution is 1.89. The molecule has 9 heavy (non-hydrogen) atoms. The van der Waals surface area contributed by atoms with Gasteiger partial charge >= 0.3 is 5.97 Å². The second-order valence-corrected chi connectivity index (χ2v) is 1.53. The van der Waals surface area contributed by atoms with Gasteiger partial charge < -0.3 is 4.89 Å². The van der Waals surface area contributed by atoms with E-state index in [0.717, 1.165) is 0 Å². The smallest absolute Gasteiger partial charge is 0.301 e. The molecule has 0 amide bonds. The molecule has 0 heterocycles. The molecule has 4 nitrogen and oxygen atoms in total. The second kappa shape index (κ2) is 4.03. The Kier molecular flexibility index (Phi) is 3.62. The van der Waals surface area contributed by atoms with Gasteiger partial charge in [0.05, 0.1) is 0 Å². The Hall–Kier alpha value is -0.900. The van der Waals surface area contributed by atoms with Crippen LogP contribution < -0.4 is 0 Å². The molecule has 0 unspecified atom stereocenters. The van der Waals surface area contributed by atoms with Gasteiger partial charge in [-0.1, -0.05) is 6.92 Å². The van der Waals surface area contributed by atoms with Crippen LogP contribution in [-0.2, 0) is 14.5 Å². The summed E-state index contributed by atoms with van der Waals surface area (Å²) in [7, 11) is 0. The average Bonchev–Trinajstić information content (AvgIpc) is 1.87. The van der Waals surface area contributed by atoms with Gasteiger partial charge in [-0.25, -0.2) is 4.79 Å². The number of carbonyl (C=O) groups is 2. The van der Waals surface area contributed by atoms with Crippen molar-refractivity contribution in [2.45, 2.75) is 19.8 Å². The molecule has 0 fully saturated rings. The highest BCUT2D eigenvalue weighted by atomic mass is 17.1. The zero-order chi connectivity index (χ0) is 7.28. The van der Waals surface area contributed by atoms with Crippen LogP contribution in [-0.4, -0.2) is 17.0 Å². The van der Waals surface area contributed by atoms with Gasteiger partial charge in [0.1, 0.15) is 12.2 Å². The number of carbonyl (C=O) groups excluding carboxylic acids is 2. The largest absolute Gasteiger partial charge is 0.349 e. The predicted octanol–water partition coefficient (Wildman–Crippen LogP) is 0.372. The Balaban J connectivity index is 3.47. The maximum Gasteiger partial charge on any atom is 0.349 e. The van der Waals surface area contributed by atoms with Crippen LogP contribution in [0.3, 0.4) is 0 Å². The average molecular weight is 132 g/mol. The molecule has 0 aromatic rings. The second-order valence-electron chi connectivity index (χ2n) is 1.53. The lowest BCUT2D eigenvalue weighted by Gasteiger charge is -1.91. The van der Waals surface area contributed by atoms with E-state index in [1.807, 2.05) is 0 Å². The van der Waals surface area contributed by atoms with Crippen LogP contribution in [0.15, 0.2) is 0 Å². The minimum absolute atomic E-state index is 0.242. The van der Waals surface area contributed by atoms with Crippen LogP contribution in [0.25, 0.3) is 0 Å².